The molecule has 0 aromatic heterocycles. The van der Waals surface area contributed by atoms with Crippen LogP contribution in [0.5, 0.6) is 0 Å². The van der Waals surface area contributed by atoms with Crippen LogP contribution in [0.15, 0.2) is 0 Å². The average molecular weight is 432 g/mol. The molecule has 3 nitrogen and oxygen atoms in total. The van der Waals surface area contributed by atoms with Gasteiger partial charge in [-0.15, -0.1) is 0 Å². The minimum absolute atomic E-state index is 0.409. The van der Waals surface area contributed by atoms with Gasteiger partial charge in [0.05, 0.1) is 18.8 Å². The fraction of sp³-hybridized carbons (Fsp3) is 1.00. The van der Waals surface area contributed by atoms with Gasteiger partial charge in [-0.1, -0.05) is 90.0 Å². The molecule has 0 rings (SSSR count). The van der Waals surface area contributed by atoms with E-state index >= 15 is 0 Å². The maximum atomic E-state index is 6.91. The van der Waals surface area contributed by atoms with E-state index in [0.29, 0.717) is 46.5 Å². The van der Waals surface area contributed by atoms with Gasteiger partial charge >= 0.3 is 0 Å². The quantitative estimate of drug-likeness (QED) is 0.307. The summed E-state index contributed by atoms with van der Waals surface area (Å²) in [5, 5.41) is 0. The van der Waals surface area contributed by atoms with Crippen molar-refractivity contribution in [2.75, 3.05) is 13.2 Å². The Bertz CT molecular complexity index is 368. The molecule has 5 heteroatoms. The Morgan fingerprint density at radius 3 is 0.929 bits per heavy atom. The molecule has 28 heavy (non-hydrogen) atoms. The summed E-state index contributed by atoms with van der Waals surface area (Å²) >= 11 is 0. The molecule has 0 radical (unpaired) electrons. The predicted octanol–water partition coefficient (Wildman–Crippen LogP) is 7.48. The molecular formula is C23H53NO2Si2. The van der Waals surface area contributed by atoms with E-state index in [-0.39, 0.29) is 0 Å². The third-order valence-electron chi connectivity index (χ3n) is 7.34. The Morgan fingerprint density at radius 1 is 0.571 bits per heavy atom. The second-order valence-corrected chi connectivity index (χ2v) is 21.8. The molecule has 170 valence electrons. The lowest BCUT2D eigenvalue weighted by Gasteiger charge is -2.47. The zero-order chi connectivity index (χ0) is 22.5. The zero-order valence-electron chi connectivity index (χ0n) is 21.5. The highest BCUT2D eigenvalue weighted by Gasteiger charge is 2.48. The summed E-state index contributed by atoms with van der Waals surface area (Å²) in [4.78, 5) is 0. The summed E-state index contributed by atoms with van der Waals surface area (Å²) in [7, 11) is -3.84. The van der Waals surface area contributed by atoms with E-state index in [1.807, 2.05) is 0 Å². The molecule has 0 aromatic carbocycles. The van der Waals surface area contributed by atoms with Crippen molar-refractivity contribution >= 4 is 16.6 Å². The molecule has 0 unspecified atom stereocenters. The summed E-state index contributed by atoms with van der Waals surface area (Å²) in [5.74, 6) is 0. The summed E-state index contributed by atoms with van der Waals surface area (Å²) < 4.78 is 13.7. The minimum Gasteiger partial charge on any atom is -0.414 e. The normalized spacial score (nSPS) is 14.6. The van der Waals surface area contributed by atoms with E-state index in [1.54, 1.807) is 0 Å². The Balaban J connectivity index is 5.58. The van der Waals surface area contributed by atoms with Crippen molar-refractivity contribution < 1.29 is 8.85 Å². The van der Waals surface area contributed by atoms with Gasteiger partial charge in [-0.25, -0.2) is 0 Å². The van der Waals surface area contributed by atoms with Crippen molar-refractivity contribution in [2.24, 2.45) is 5.73 Å². The fourth-order valence-electron chi connectivity index (χ4n) is 5.78. The Morgan fingerprint density at radius 2 is 0.786 bits per heavy atom. The topological polar surface area (TPSA) is 44.5 Å². The van der Waals surface area contributed by atoms with E-state index < -0.39 is 22.2 Å². The van der Waals surface area contributed by atoms with Crippen molar-refractivity contribution in [3.63, 3.8) is 0 Å². The van der Waals surface area contributed by atoms with E-state index in [0.717, 1.165) is 6.42 Å². The lowest BCUT2D eigenvalue weighted by Crippen LogP contribution is -2.58. The van der Waals surface area contributed by atoms with Gasteiger partial charge in [0.25, 0.3) is 0 Å². The van der Waals surface area contributed by atoms with Crippen molar-refractivity contribution in [1.82, 2.24) is 0 Å². The largest absolute Gasteiger partial charge is 0.414 e. The monoisotopic (exact) mass is 431 g/mol. The maximum Gasteiger partial charge on any atom is 0.200 e. The summed E-state index contributed by atoms with van der Waals surface area (Å²) in [6, 6.07) is 0. The SMILES string of the molecule is CCC(N)(CO[Si](C(C)C)(C(C)C)C(C)C)CO[Si](C(C)C)(C(C)C)C(C)C. The molecule has 0 fully saturated rings. The Hall–Kier alpha value is 0.314. The fourth-order valence-corrected chi connectivity index (χ4v) is 16.9. The molecule has 0 saturated carbocycles. The van der Waals surface area contributed by atoms with Gasteiger partial charge in [0, 0.05) is 0 Å². The van der Waals surface area contributed by atoms with Crippen LogP contribution in [-0.2, 0) is 8.85 Å². The van der Waals surface area contributed by atoms with E-state index in [9.17, 15) is 0 Å². The molecule has 2 N–H and O–H groups in total. The number of hydrogen-bond donors (Lipinski definition) is 1. The van der Waals surface area contributed by atoms with Crippen LogP contribution in [0.25, 0.3) is 0 Å². The molecule has 0 saturated heterocycles. The van der Waals surface area contributed by atoms with Crippen LogP contribution in [0, 0.1) is 0 Å². The summed E-state index contributed by atoms with van der Waals surface area (Å²) in [6.07, 6.45) is 0.879. The van der Waals surface area contributed by atoms with Gasteiger partial charge in [-0.2, -0.15) is 0 Å². The van der Waals surface area contributed by atoms with Gasteiger partial charge < -0.3 is 14.6 Å². The van der Waals surface area contributed by atoms with E-state index in [2.05, 4.69) is 90.0 Å². The van der Waals surface area contributed by atoms with Crippen LogP contribution >= 0.6 is 0 Å². The predicted molar refractivity (Wildman–Crippen MR) is 131 cm³/mol. The van der Waals surface area contributed by atoms with Gasteiger partial charge in [0.1, 0.15) is 0 Å². The molecule has 0 aliphatic rings. The maximum absolute atomic E-state index is 6.91. The first-order chi connectivity index (χ1) is 12.6. The van der Waals surface area contributed by atoms with Crippen molar-refractivity contribution in [3.8, 4) is 0 Å². The highest BCUT2D eigenvalue weighted by atomic mass is 28.4. The first-order valence-electron chi connectivity index (χ1n) is 11.7. The molecule has 0 heterocycles. The van der Waals surface area contributed by atoms with E-state index in [4.69, 9.17) is 14.6 Å². The Kier molecular flexibility index (Phi) is 11.2. The lowest BCUT2D eigenvalue weighted by molar-refractivity contribution is 0.121. The smallest absolute Gasteiger partial charge is 0.200 e. The molecule has 0 spiro atoms. The molecule has 0 aliphatic carbocycles. The number of hydrogen-bond acceptors (Lipinski definition) is 3. The zero-order valence-corrected chi connectivity index (χ0v) is 23.5. The third-order valence-corrected chi connectivity index (χ3v) is 19.5. The highest BCUT2D eigenvalue weighted by molar-refractivity contribution is 6.78. The lowest BCUT2D eigenvalue weighted by atomic mass is 10.0. The standard InChI is InChI=1S/C23H53NO2Si2/c1-14-23(24,15-25-27(17(2)3,18(4)5)19(6)7)16-26-28(20(8)9,21(10)11)22(12)13/h17-22H,14-16,24H2,1-13H3. The minimum atomic E-state index is -1.92. The molecular weight excluding hydrogens is 378 g/mol. The van der Waals surface area contributed by atoms with Crippen molar-refractivity contribution in [2.45, 2.75) is 135 Å². The third kappa shape index (κ3) is 5.93. The summed E-state index contributed by atoms with van der Waals surface area (Å²) in [5.41, 5.74) is 9.94. The molecule has 0 aliphatic heterocycles. The molecule has 0 aromatic rings. The number of nitrogens with two attached hydrogens (primary N) is 1. The van der Waals surface area contributed by atoms with Crippen LogP contribution in [-0.4, -0.2) is 35.4 Å². The van der Waals surface area contributed by atoms with E-state index in [1.165, 1.54) is 0 Å². The molecule has 0 atom stereocenters. The van der Waals surface area contributed by atoms with Crippen LogP contribution in [0.3, 0.4) is 0 Å². The van der Waals surface area contributed by atoms with Gasteiger partial charge in [0.15, 0.2) is 16.6 Å². The second kappa shape index (κ2) is 11.1. The second-order valence-electron chi connectivity index (χ2n) is 10.9. The van der Waals surface area contributed by atoms with Crippen molar-refractivity contribution in [1.29, 1.82) is 0 Å². The molecule has 0 bridgehead atoms. The molecule has 0 amide bonds. The van der Waals surface area contributed by atoms with Crippen LogP contribution < -0.4 is 5.73 Å². The van der Waals surface area contributed by atoms with Gasteiger partial charge in [-0.3, -0.25) is 0 Å². The first kappa shape index (κ1) is 28.3. The van der Waals surface area contributed by atoms with Crippen LogP contribution in [0.2, 0.25) is 33.2 Å². The van der Waals surface area contributed by atoms with Gasteiger partial charge in [-0.05, 0) is 39.7 Å². The van der Waals surface area contributed by atoms with Crippen molar-refractivity contribution in [3.05, 3.63) is 0 Å². The average Bonchev–Trinajstić information content (AvgIpc) is 2.53. The van der Waals surface area contributed by atoms with Crippen LogP contribution in [0.1, 0.15) is 96.4 Å². The highest BCUT2D eigenvalue weighted by Crippen LogP contribution is 2.44. The summed E-state index contributed by atoms with van der Waals surface area (Å²) in [6.45, 7) is 31.4. The number of rotatable bonds is 13. The van der Waals surface area contributed by atoms with Gasteiger partial charge in [0.2, 0.25) is 0 Å². The Labute approximate surface area is 179 Å². The first-order valence-corrected chi connectivity index (χ1v) is 16.0. The van der Waals surface area contributed by atoms with Crippen LogP contribution in [0.4, 0.5) is 0 Å².